The third kappa shape index (κ3) is 5.12. The molecule has 1 N–H and O–H groups in total. The molecule has 152 valence electrons. The fraction of sp³-hybridized carbons (Fsp3) is 0.476. The van der Waals surface area contributed by atoms with Gasteiger partial charge in [0.25, 0.3) is 0 Å². The number of rotatable bonds is 5. The number of hydrogen-bond acceptors (Lipinski definition) is 3. The van der Waals surface area contributed by atoms with Gasteiger partial charge in [0.2, 0.25) is 5.91 Å². The second kappa shape index (κ2) is 8.46. The Hall–Kier alpha value is -2.83. The Kier molecular flexibility index (Phi) is 6.48. The molecule has 0 atom stereocenters. The first-order valence-electron chi connectivity index (χ1n) is 9.46. The Balaban J connectivity index is 2.30. The van der Waals surface area contributed by atoms with Gasteiger partial charge >= 0.3 is 6.03 Å². The van der Waals surface area contributed by atoms with Crippen molar-refractivity contribution in [2.75, 3.05) is 32.5 Å². The van der Waals surface area contributed by atoms with E-state index in [2.05, 4.69) is 26.1 Å². The molecular formula is C21H31N5O2. The van der Waals surface area contributed by atoms with Crippen LogP contribution in [0.3, 0.4) is 0 Å². The van der Waals surface area contributed by atoms with E-state index in [1.54, 1.807) is 18.8 Å². The summed E-state index contributed by atoms with van der Waals surface area (Å²) in [4.78, 5) is 27.8. The number of carbonyl (C=O) groups is 2. The van der Waals surface area contributed by atoms with Crippen LogP contribution in [0.15, 0.2) is 30.3 Å². The van der Waals surface area contributed by atoms with Crippen molar-refractivity contribution in [2.45, 2.75) is 40.0 Å². The lowest BCUT2D eigenvalue weighted by Crippen LogP contribution is -2.43. The number of nitrogens with one attached hydrogen (secondary N) is 1. The number of aryl methyl sites for hydroxylation is 1. The van der Waals surface area contributed by atoms with E-state index in [1.807, 2.05) is 44.2 Å². The van der Waals surface area contributed by atoms with Crippen molar-refractivity contribution < 1.29 is 9.59 Å². The Morgan fingerprint density at radius 2 is 1.75 bits per heavy atom. The van der Waals surface area contributed by atoms with Crippen LogP contribution in [0.2, 0.25) is 0 Å². The Labute approximate surface area is 167 Å². The van der Waals surface area contributed by atoms with Crippen LogP contribution in [-0.4, -0.2) is 58.7 Å². The van der Waals surface area contributed by atoms with Gasteiger partial charge in [-0.25, -0.2) is 9.48 Å². The number of carbonyl (C=O) groups excluding carboxylic acids is 2. The predicted molar refractivity (Wildman–Crippen MR) is 112 cm³/mol. The minimum atomic E-state index is -0.259. The minimum absolute atomic E-state index is 0.0164. The van der Waals surface area contributed by atoms with E-state index in [1.165, 1.54) is 9.80 Å². The van der Waals surface area contributed by atoms with E-state index >= 15 is 0 Å². The molecule has 0 fully saturated rings. The van der Waals surface area contributed by atoms with Crippen molar-refractivity contribution in [2.24, 2.45) is 0 Å². The van der Waals surface area contributed by atoms with Crippen molar-refractivity contribution >= 4 is 17.8 Å². The van der Waals surface area contributed by atoms with Gasteiger partial charge in [-0.15, -0.1) is 0 Å². The van der Waals surface area contributed by atoms with Crippen LogP contribution in [0, 0.1) is 6.92 Å². The van der Waals surface area contributed by atoms with Gasteiger partial charge in [0.05, 0.1) is 11.4 Å². The highest BCUT2D eigenvalue weighted by molar-refractivity contribution is 5.94. The van der Waals surface area contributed by atoms with Gasteiger partial charge in [-0.2, -0.15) is 5.10 Å². The van der Waals surface area contributed by atoms with Crippen molar-refractivity contribution in [3.8, 4) is 5.69 Å². The van der Waals surface area contributed by atoms with E-state index in [9.17, 15) is 9.59 Å². The third-order valence-corrected chi connectivity index (χ3v) is 4.39. The number of anilines is 1. The summed E-state index contributed by atoms with van der Waals surface area (Å²) in [6.45, 7) is 10.5. The van der Waals surface area contributed by atoms with Crippen molar-refractivity contribution in [3.05, 3.63) is 41.6 Å². The molecule has 1 aromatic heterocycles. The number of amides is 3. The number of hydrogen-bond donors (Lipinski definition) is 1. The lowest BCUT2D eigenvalue weighted by molar-refractivity contribution is -0.116. The maximum absolute atomic E-state index is 12.6. The molecule has 0 saturated heterocycles. The van der Waals surface area contributed by atoms with Crippen LogP contribution >= 0.6 is 0 Å². The molecule has 0 aliphatic heterocycles. The standard InChI is InChI=1S/C21H31N5O2/c1-8-25(20(28)24(6)7)14-19(27)22-18-13-17(21(3,4)5)23-26(18)16-11-9-15(2)10-12-16/h9-13H,8,14H2,1-7H3,(H,22,27). The number of likely N-dealkylation sites (N-methyl/N-ethyl adjacent to an activating group) is 1. The molecule has 2 rings (SSSR count). The zero-order valence-corrected chi connectivity index (χ0v) is 17.9. The molecule has 0 aliphatic carbocycles. The minimum Gasteiger partial charge on any atom is -0.331 e. The molecule has 3 amide bonds. The summed E-state index contributed by atoms with van der Waals surface area (Å²) in [6, 6.07) is 9.65. The zero-order chi connectivity index (χ0) is 21.1. The molecule has 1 aromatic carbocycles. The second-order valence-electron chi connectivity index (χ2n) is 8.15. The van der Waals surface area contributed by atoms with Crippen LogP contribution in [0.25, 0.3) is 5.69 Å². The molecule has 0 aliphatic rings. The number of aromatic nitrogens is 2. The smallest absolute Gasteiger partial charge is 0.319 e. The number of benzene rings is 1. The Morgan fingerprint density at radius 3 is 2.25 bits per heavy atom. The van der Waals surface area contributed by atoms with Crippen molar-refractivity contribution in [1.82, 2.24) is 19.6 Å². The third-order valence-electron chi connectivity index (χ3n) is 4.39. The lowest BCUT2D eigenvalue weighted by atomic mass is 9.92. The van der Waals surface area contributed by atoms with Gasteiger partial charge in [-0.3, -0.25) is 4.79 Å². The topological polar surface area (TPSA) is 70.5 Å². The van der Waals surface area contributed by atoms with Crippen molar-refractivity contribution in [1.29, 1.82) is 0 Å². The van der Waals surface area contributed by atoms with Crippen molar-refractivity contribution in [3.63, 3.8) is 0 Å². The summed E-state index contributed by atoms with van der Waals surface area (Å²) in [5, 5.41) is 7.63. The maximum Gasteiger partial charge on any atom is 0.319 e. The first-order chi connectivity index (χ1) is 13.0. The fourth-order valence-electron chi connectivity index (χ4n) is 2.67. The molecule has 2 aromatic rings. The van der Waals surface area contributed by atoms with Gasteiger partial charge in [-0.1, -0.05) is 38.5 Å². The molecule has 0 bridgehead atoms. The predicted octanol–water partition coefficient (Wildman–Crippen LogP) is 3.42. The summed E-state index contributed by atoms with van der Waals surface area (Å²) in [5.41, 5.74) is 2.73. The molecule has 7 heteroatoms. The van der Waals surface area contributed by atoms with E-state index in [4.69, 9.17) is 5.10 Å². The van der Waals surface area contributed by atoms with Gasteiger partial charge in [0, 0.05) is 32.1 Å². The van der Waals surface area contributed by atoms with Crippen LogP contribution in [-0.2, 0) is 10.2 Å². The normalized spacial score (nSPS) is 11.2. The molecule has 0 spiro atoms. The van der Waals surface area contributed by atoms with Crippen LogP contribution < -0.4 is 5.32 Å². The fourth-order valence-corrected chi connectivity index (χ4v) is 2.67. The van der Waals surface area contributed by atoms with E-state index < -0.39 is 0 Å². The van der Waals surface area contributed by atoms with E-state index in [-0.39, 0.29) is 23.9 Å². The average Bonchev–Trinajstić information content (AvgIpc) is 3.03. The van der Waals surface area contributed by atoms with Crippen LogP contribution in [0.5, 0.6) is 0 Å². The second-order valence-corrected chi connectivity index (χ2v) is 8.15. The summed E-state index contributed by atoms with van der Waals surface area (Å²) < 4.78 is 1.74. The summed E-state index contributed by atoms with van der Waals surface area (Å²) in [7, 11) is 3.34. The Morgan fingerprint density at radius 1 is 1.14 bits per heavy atom. The van der Waals surface area contributed by atoms with E-state index in [0.717, 1.165) is 16.9 Å². The first kappa shape index (κ1) is 21.5. The zero-order valence-electron chi connectivity index (χ0n) is 17.9. The van der Waals surface area contributed by atoms with Crippen LogP contribution in [0.4, 0.5) is 10.6 Å². The molecule has 0 unspecified atom stereocenters. The average molecular weight is 386 g/mol. The maximum atomic E-state index is 12.6. The number of urea groups is 1. The summed E-state index contributed by atoms with van der Waals surface area (Å²) in [6.07, 6.45) is 0. The van der Waals surface area contributed by atoms with Gasteiger partial charge in [0.15, 0.2) is 0 Å². The highest BCUT2D eigenvalue weighted by Gasteiger charge is 2.23. The highest BCUT2D eigenvalue weighted by atomic mass is 16.2. The molecule has 1 heterocycles. The summed E-state index contributed by atoms with van der Waals surface area (Å²) >= 11 is 0. The summed E-state index contributed by atoms with van der Waals surface area (Å²) in [5.74, 6) is 0.331. The van der Waals surface area contributed by atoms with Gasteiger partial charge in [0.1, 0.15) is 12.4 Å². The van der Waals surface area contributed by atoms with Crippen LogP contribution in [0.1, 0.15) is 39.0 Å². The monoisotopic (exact) mass is 385 g/mol. The Bertz CT molecular complexity index is 831. The highest BCUT2D eigenvalue weighted by Crippen LogP contribution is 2.26. The van der Waals surface area contributed by atoms with Gasteiger partial charge < -0.3 is 15.1 Å². The molecule has 7 nitrogen and oxygen atoms in total. The lowest BCUT2D eigenvalue weighted by Gasteiger charge is -2.24. The first-order valence-corrected chi connectivity index (χ1v) is 9.46. The SMILES string of the molecule is CCN(CC(=O)Nc1cc(C(C)(C)C)nn1-c1ccc(C)cc1)C(=O)N(C)C. The van der Waals surface area contributed by atoms with Gasteiger partial charge in [-0.05, 0) is 26.0 Å². The molecule has 0 radical (unpaired) electrons. The van der Waals surface area contributed by atoms with E-state index in [0.29, 0.717) is 12.4 Å². The molecule has 28 heavy (non-hydrogen) atoms. The number of nitrogens with zero attached hydrogens (tertiary/aromatic N) is 4. The molecule has 0 saturated carbocycles. The quantitative estimate of drug-likeness (QED) is 0.857. The molecular weight excluding hydrogens is 354 g/mol. The largest absolute Gasteiger partial charge is 0.331 e.